The summed E-state index contributed by atoms with van der Waals surface area (Å²) in [6, 6.07) is 6.22. The first kappa shape index (κ1) is 9.40. The van der Waals surface area contributed by atoms with E-state index in [2.05, 4.69) is 40.3 Å². The van der Waals surface area contributed by atoms with Crippen molar-refractivity contribution < 1.29 is 0 Å². The van der Waals surface area contributed by atoms with Crippen LogP contribution in [0.25, 0.3) is 0 Å². The number of aliphatic imine (C=N–C) groups is 1. The fourth-order valence-electron chi connectivity index (χ4n) is 2.13. The molecule has 15 heavy (non-hydrogen) atoms. The van der Waals surface area contributed by atoms with Gasteiger partial charge in [0.25, 0.3) is 0 Å². The highest BCUT2D eigenvalue weighted by atomic mass is 79.9. The van der Waals surface area contributed by atoms with E-state index in [0.717, 1.165) is 22.4 Å². The van der Waals surface area contributed by atoms with Crippen LogP contribution in [0.5, 0.6) is 0 Å². The van der Waals surface area contributed by atoms with Gasteiger partial charge in [0, 0.05) is 22.1 Å². The highest BCUT2D eigenvalue weighted by Gasteiger charge is 2.46. The zero-order chi connectivity index (χ0) is 10.5. The number of anilines is 1. The topological polar surface area (TPSA) is 24.4 Å². The van der Waals surface area contributed by atoms with E-state index < -0.39 is 0 Å². The van der Waals surface area contributed by atoms with E-state index in [1.807, 2.05) is 6.07 Å². The molecule has 0 aromatic heterocycles. The Morgan fingerprint density at radius 3 is 2.93 bits per heavy atom. The van der Waals surface area contributed by atoms with Gasteiger partial charge in [-0.25, -0.2) is 0 Å². The molecule has 1 spiro atoms. The van der Waals surface area contributed by atoms with Gasteiger partial charge >= 0.3 is 0 Å². The van der Waals surface area contributed by atoms with Crippen molar-refractivity contribution in [2.45, 2.75) is 19.8 Å². The van der Waals surface area contributed by atoms with Crippen LogP contribution in [0, 0.1) is 5.41 Å². The molecule has 1 aliphatic heterocycles. The molecule has 1 heterocycles. The van der Waals surface area contributed by atoms with E-state index in [-0.39, 0.29) is 0 Å². The minimum Gasteiger partial charge on any atom is -0.382 e. The SMILES string of the molecule is CC1=Nc2ccc(Br)cc2NCC12CC2. The fraction of sp³-hybridized carbons (Fsp3) is 0.417. The first-order valence-electron chi connectivity index (χ1n) is 5.29. The first-order chi connectivity index (χ1) is 7.20. The quantitative estimate of drug-likeness (QED) is 0.759. The van der Waals surface area contributed by atoms with Crippen LogP contribution in [0.4, 0.5) is 11.4 Å². The number of rotatable bonds is 0. The predicted octanol–water partition coefficient (Wildman–Crippen LogP) is 3.75. The molecule has 0 amide bonds. The number of benzene rings is 1. The number of fused-ring (bicyclic) bond motifs is 1. The summed E-state index contributed by atoms with van der Waals surface area (Å²) in [7, 11) is 0. The lowest BCUT2D eigenvalue weighted by Gasteiger charge is -2.12. The number of hydrogen-bond donors (Lipinski definition) is 1. The van der Waals surface area contributed by atoms with Crippen molar-refractivity contribution in [3.05, 3.63) is 22.7 Å². The average Bonchev–Trinajstić information content (AvgIpc) is 3.00. The van der Waals surface area contributed by atoms with E-state index >= 15 is 0 Å². The van der Waals surface area contributed by atoms with Crippen LogP contribution in [-0.4, -0.2) is 12.3 Å². The Labute approximate surface area is 97.9 Å². The number of nitrogens with zero attached hydrogens (tertiary/aromatic N) is 1. The third kappa shape index (κ3) is 1.49. The van der Waals surface area contributed by atoms with Crippen LogP contribution >= 0.6 is 15.9 Å². The van der Waals surface area contributed by atoms with Gasteiger partial charge < -0.3 is 5.32 Å². The molecule has 1 N–H and O–H groups in total. The molecule has 0 bridgehead atoms. The molecule has 3 rings (SSSR count). The van der Waals surface area contributed by atoms with Crippen LogP contribution < -0.4 is 5.32 Å². The van der Waals surface area contributed by atoms with Gasteiger partial charge in [-0.1, -0.05) is 15.9 Å². The van der Waals surface area contributed by atoms with Gasteiger partial charge in [-0.15, -0.1) is 0 Å². The van der Waals surface area contributed by atoms with Crippen molar-refractivity contribution >= 4 is 33.0 Å². The highest BCUT2D eigenvalue weighted by Crippen LogP contribution is 2.49. The van der Waals surface area contributed by atoms with Gasteiger partial charge in [0.05, 0.1) is 11.4 Å². The van der Waals surface area contributed by atoms with Crippen molar-refractivity contribution in [1.29, 1.82) is 0 Å². The Morgan fingerprint density at radius 2 is 2.20 bits per heavy atom. The van der Waals surface area contributed by atoms with E-state index in [0.29, 0.717) is 5.41 Å². The maximum Gasteiger partial charge on any atom is 0.0861 e. The third-order valence-corrected chi connectivity index (χ3v) is 3.98. The maximum atomic E-state index is 4.73. The standard InChI is InChI=1S/C12H13BrN2/c1-8-12(4-5-12)7-14-11-6-9(13)2-3-10(11)15-8/h2-3,6,14H,4-5,7H2,1H3. The Morgan fingerprint density at radius 1 is 1.40 bits per heavy atom. The molecule has 1 aliphatic carbocycles. The zero-order valence-electron chi connectivity index (χ0n) is 8.68. The minimum absolute atomic E-state index is 0.367. The lowest BCUT2D eigenvalue weighted by molar-refractivity contribution is 0.744. The normalized spacial score (nSPS) is 21.3. The Kier molecular flexibility index (Phi) is 1.93. The molecular weight excluding hydrogens is 252 g/mol. The Balaban J connectivity index is 2.08. The first-order valence-corrected chi connectivity index (χ1v) is 6.08. The van der Waals surface area contributed by atoms with Crippen LogP contribution in [-0.2, 0) is 0 Å². The number of hydrogen-bond acceptors (Lipinski definition) is 2. The van der Waals surface area contributed by atoms with Gasteiger partial charge in [-0.05, 0) is 38.0 Å². The lowest BCUT2D eigenvalue weighted by Crippen LogP contribution is -2.20. The molecule has 2 nitrogen and oxygen atoms in total. The Bertz CT molecular complexity index is 447. The van der Waals surface area contributed by atoms with Gasteiger partial charge in [-0.3, -0.25) is 4.99 Å². The second-order valence-electron chi connectivity index (χ2n) is 4.49. The monoisotopic (exact) mass is 264 g/mol. The largest absolute Gasteiger partial charge is 0.382 e. The second-order valence-corrected chi connectivity index (χ2v) is 5.41. The van der Waals surface area contributed by atoms with Crippen molar-refractivity contribution in [1.82, 2.24) is 0 Å². The number of nitrogens with one attached hydrogen (secondary N) is 1. The van der Waals surface area contributed by atoms with Crippen molar-refractivity contribution in [2.75, 3.05) is 11.9 Å². The molecule has 0 radical (unpaired) electrons. The van der Waals surface area contributed by atoms with Crippen molar-refractivity contribution in [2.24, 2.45) is 10.4 Å². The summed E-state index contributed by atoms with van der Waals surface area (Å²) in [4.78, 5) is 4.73. The molecule has 2 aliphatic rings. The summed E-state index contributed by atoms with van der Waals surface area (Å²) in [5.74, 6) is 0. The second kappa shape index (κ2) is 3.08. The third-order valence-electron chi connectivity index (χ3n) is 3.49. The highest BCUT2D eigenvalue weighted by molar-refractivity contribution is 9.10. The van der Waals surface area contributed by atoms with Crippen LogP contribution in [0.3, 0.4) is 0 Å². The summed E-state index contributed by atoms with van der Waals surface area (Å²) in [5, 5.41) is 3.50. The van der Waals surface area contributed by atoms with Crippen LogP contribution in [0.1, 0.15) is 19.8 Å². The Hall–Kier alpha value is -0.830. The fourth-order valence-corrected chi connectivity index (χ4v) is 2.49. The summed E-state index contributed by atoms with van der Waals surface area (Å²) in [6.07, 6.45) is 2.56. The summed E-state index contributed by atoms with van der Waals surface area (Å²) in [5.41, 5.74) is 3.87. The molecule has 0 unspecified atom stereocenters. The molecule has 78 valence electrons. The molecule has 1 aromatic carbocycles. The molecular formula is C12H13BrN2. The summed E-state index contributed by atoms with van der Waals surface area (Å²) < 4.78 is 1.10. The summed E-state index contributed by atoms with van der Waals surface area (Å²) >= 11 is 3.49. The van der Waals surface area contributed by atoms with Gasteiger partial charge in [0.1, 0.15) is 0 Å². The van der Waals surface area contributed by atoms with Crippen LogP contribution in [0.15, 0.2) is 27.7 Å². The minimum atomic E-state index is 0.367. The average molecular weight is 265 g/mol. The van der Waals surface area contributed by atoms with Gasteiger partial charge in [0.2, 0.25) is 0 Å². The molecule has 0 atom stereocenters. The molecule has 0 saturated heterocycles. The predicted molar refractivity (Wildman–Crippen MR) is 67.1 cm³/mol. The van der Waals surface area contributed by atoms with Crippen molar-refractivity contribution in [3.63, 3.8) is 0 Å². The van der Waals surface area contributed by atoms with Crippen molar-refractivity contribution in [3.8, 4) is 0 Å². The molecule has 3 heteroatoms. The van der Waals surface area contributed by atoms with Gasteiger partial charge in [-0.2, -0.15) is 0 Å². The van der Waals surface area contributed by atoms with E-state index in [1.54, 1.807) is 0 Å². The molecule has 1 fully saturated rings. The number of halogens is 1. The van der Waals surface area contributed by atoms with E-state index in [4.69, 9.17) is 4.99 Å². The molecule has 1 aromatic rings. The van der Waals surface area contributed by atoms with E-state index in [1.165, 1.54) is 18.6 Å². The van der Waals surface area contributed by atoms with Crippen LogP contribution in [0.2, 0.25) is 0 Å². The van der Waals surface area contributed by atoms with E-state index in [9.17, 15) is 0 Å². The maximum absolute atomic E-state index is 4.73. The zero-order valence-corrected chi connectivity index (χ0v) is 10.3. The lowest BCUT2D eigenvalue weighted by atomic mass is 10.0. The summed E-state index contributed by atoms with van der Waals surface area (Å²) in [6.45, 7) is 3.19. The molecule has 1 saturated carbocycles. The smallest absolute Gasteiger partial charge is 0.0861 e. The van der Waals surface area contributed by atoms with Gasteiger partial charge in [0.15, 0.2) is 0 Å².